The molecular formula is C42H70O4. The number of unbranched alkanes of at least 4 members (excludes halogenated alkanes) is 11. The predicted molar refractivity (Wildman–Crippen MR) is 200 cm³/mol. The molecule has 0 saturated carbocycles. The topological polar surface area (TPSA) is 55.8 Å². The Morgan fingerprint density at radius 2 is 0.978 bits per heavy atom. The van der Waals surface area contributed by atoms with E-state index < -0.39 is 6.10 Å². The summed E-state index contributed by atoms with van der Waals surface area (Å²) >= 11 is 0. The van der Waals surface area contributed by atoms with Gasteiger partial charge < -0.3 is 14.6 Å². The maximum atomic E-state index is 12.1. The van der Waals surface area contributed by atoms with Gasteiger partial charge in [0, 0.05) is 13.0 Å². The van der Waals surface area contributed by atoms with E-state index in [0.29, 0.717) is 13.0 Å². The number of carbonyl (C=O) groups is 1. The minimum absolute atomic E-state index is 0.203. The predicted octanol–water partition coefficient (Wildman–Crippen LogP) is 12.0. The Morgan fingerprint density at radius 3 is 1.50 bits per heavy atom. The number of esters is 1. The Morgan fingerprint density at radius 1 is 0.543 bits per heavy atom. The molecule has 0 heterocycles. The van der Waals surface area contributed by atoms with Gasteiger partial charge in [0.2, 0.25) is 0 Å². The summed E-state index contributed by atoms with van der Waals surface area (Å²) in [4.78, 5) is 12.1. The minimum Gasteiger partial charge on any atom is -0.457 e. The van der Waals surface area contributed by atoms with Crippen molar-refractivity contribution < 1.29 is 19.4 Å². The summed E-state index contributed by atoms with van der Waals surface area (Å²) in [5, 5.41) is 9.55. The molecule has 0 radical (unpaired) electrons. The number of hydrogen-bond donors (Lipinski definition) is 1. The molecule has 1 atom stereocenters. The molecule has 4 nitrogen and oxygen atoms in total. The molecular weight excluding hydrogens is 568 g/mol. The highest BCUT2D eigenvalue weighted by Gasteiger charge is 2.13. The Hall–Kier alpha value is -2.43. The van der Waals surface area contributed by atoms with Crippen molar-refractivity contribution in [1.29, 1.82) is 0 Å². The van der Waals surface area contributed by atoms with Crippen molar-refractivity contribution in [1.82, 2.24) is 0 Å². The summed E-state index contributed by atoms with van der Waals surface area (Å²) in [6.45, 7) is 5.05. The zero-order valence-electron chi connectivity index (χ0n) is 29.8. The van der Waals surface area contributed by atoms with Crippen LogP contribution in [0, 0.1) is 0 Å². The van der Waals surface area contributed by atoms with Crippen LogP contribution in [0.3, 0.4) is 0 Å². The Balaban J connectivity index is 3.62. The largest absolute Gasteiger partial charge is 0.457 e. The molecule has 0 aromatic rings. The number of aliphatic hydroxyl groups is 1. The Labute approximate surface area is 284 Å². The maximum Gasteiger partial charge on any atom is 0.306 e. The van der Waals surface area contributed by atoms with Gasteiger partial charge in [0.1, 0.15) is 6.10 Å². The average molecular weight is 639 g/mol. The third kappa shape index (κ3) is 36.0. The summed E-state index contributed by atoms with van der Waals surface area (Å²) in [5.41, 5.74) is 0. The molecule has 1 N–H and O–H groups in total. The highest BCUT2D eigenvalue weighted by molar-refractivity contribution is 5.69. The van der Waals surface area contributed by atoms with Crippen molar-refractivity contribution in [2.75, 3.05) is 19.8 Å². The van der Waals surface area contributed by atoms with Gasteiger partial charge in [0.05, 0.1) is 13.2 Å². The lowest BCUT2D eigenvalue weighted by Gasteiger charge is -2.15. The molecule has 0 aromatic heterocycles. The van der Waals surface area contributed by atoms with E-state index in [1.165, 1.54) is 51.4 Å². The summed E-state index contributed by atoms with van der Waals surface area (Å²) in [5.74, 6) is -0.234. The Bertz CT molecular complexity index is 846. The normalized spacial score (nSPS) is 13.4. The molecule has 4 heteroatoms. The van der Waals surface area contributed by atoms with Gasteiger partial charge in [-0.2, -0.15) is 0 Å². The average Bonchev–Trinajstić information content (AvgIpc) is 3.06. The van der Waals surface area contributed by atoms with E-state index in [-0.39, 0.29) is 19.2 Å². The van der Waals surface area contributed by atoms with Gasteiger partial charge in [0.15, 0.2) is 0 Å². The zero-order chi connectivity index (χ0) is 33.4. The third-order valence-corrected chi connectivity index (χ3v) is 7.45. The first-order valence-electron chi connectivity index (χ1n) is 18.7. The van der Waals surface area contributed by atoms with Crippen LogP contribution in [0.5, 0.6) is 0 Å². The molecule has 0 aromatic carbocycles. The van der Waals surface area contributed by atoms with E-state index in [1.54, 1.807) is 0 Å². The highest BCUT2D eigenvalue weighted by atomic mass is 16.6. The van der Waals surface area contributed by atoms with E-state index in [2.05, 4.69) is 98.9 Å². The van der Waals surface area contributed by atoms with Gasteiger partial charge in [-0.1, -0.05) is 144 Å². The molecule has 0 aliphatic rings. The van der Waals surface area contributed by atoms with E-state index >= 15 is 0 Å². The van der Waals surface area contributed by atoms with E-state index in [4.69, 9.17) is 9.47 Å². The molecule has 262 valence electrons. The van der Waals surface area contributed by atoms with Gasteiger partial charge in [-0.25, -0.2) is 0 Å². The molecule has 46 heavy (non-hydrogen) atoms. The fourth-order valence-corrected chi connectivity index (χ4v) is 4.69. The number of hydrogen-bond acceptors (Lipinski definition) is 4. The first-order valence-corrected chi connectivity index (χ1v) is 18.7. The molecule has 0 fully saturated rings. The number of allylic oxidation sites excluding steroid dienone is 14. The first kappa shape index (κ1) is 43.6. The lowest BCUT2D eigenvalue weighted by molar-refractivity contribution is -0.154. The molecule has 0 spiro atoms. The van der Waals surface area contributed by atoms with Crippen LogP contribution in [-0.4, -0.2) is 37.0 Å². The standard InChI is InChI=1S/C42H70O4/c1-3-5-7-9-11-13-15-17-19-20-21-22-23-24-26-28-30-32-34-36-38-45-40-41(39-43)46-42(44)37-35-33-31-29-27-25-18-16-14-12-10-8-6-4-2/h5,7,11,13,16-19,21-22,24,26,30,32,41,43H,3-4,6,8-10,12,14-15,20,23,25,27-29,31,33-40H2,1-2H3/b7-5-,13-11-,18-16-,19-17-,22-21-,26-24-,32-30-. The van der Waals surface area contributed by atoms with Crippen molar-refractivity contribution in [2.24, 2.45) is 0 Å². The van der Waals surface area contributed by atoms with E-state index in [1.807, 2.05) is 0 Å². The second-order valence-electron chi connectivity index (χ2n) is 11.9. The molecule has 0 aliphatic carbocycles. The van der Waals surface area contributed by atoms with Gasteiger partial charge in [0.25, 0.3) is 0 Å². The summed E-state index contributed by atoms with van der Waals surface area (Å²) < 4.78 is 11.0. The van der Waals surface area contributed by atoms with Crippen LogP contribution in [0.15, 0.2) is 85.1 Å². The molecule has 1 unspecified atom stereocenters. The summed E-state index contributed by atoms with van der Waals surface area (Å²) in [6, 6.07) is 0. The number of ether oxygens (including phenoxy) is 2. The fraction of sp³-hybridized carbons (Fsp3) is 0.643. The van der Waals surface area contributed by atoms with Crippen molar-refractivity contribution in [2.45, 2.75) is 155 Å². The van der Waals surface area contributed by atoms with Gasteiger partial charge in [-0.05, 0) is 83.5 Å². The lowest BCUT2D eigenvalue weighted by Crippen LogP contribution is -2.27. The summed E-state index contributed by atoms with van der Waals surface area (Å²) in [6.07, 6.45) is 53.5. The zero-order valence-corrected chi connectivity index (χ0v) is 29.8. The molecule has 0 rings (SSSR count). The molecule has 0 aliphatic heterocycles. The second kappa shape index (κ2) is 38.8. The van der Waals surface area contributed by atoms with Crippen LogP contribution < -0.4 is 0 Å². The number of aliphatic hydroxyl groups excluding tert-OH is 1. The quantitative estimate of drug-likeness (QED) is 0.0441. The van der Waals surface area contributed by atoms with Gasteiger partial charge in [-0.15, -0.1) is 0 Å². The first-order chi connectivity index (χ1) is 22.7. The molecule has 0 saturated heterocycles. The van der Waals surface area contributed by atoms with Crippen LogP contribution in [0.4, 0.5) is 0 Å². The molecule has 0 amide bonds. The van der Waals surface area contributed by atoms with Gasteiger partial charge in [-0.3, -0.25) is 4.79 Å². The third-order valence-electron chi connectivity index (χ3n) is 7.45. The SMILES string of the molecule is CC/C=C\C/C=C\C/C=C\C/C=C\C/C=C\C/C=C\CCCOCC(CO)OC(=O)CCCCCCC/C=C\CCCCCCC. The maximum absolute atomic E-state index is 12.1. The van der Waals surface area contributed by atoms with Crippen molar-refractivity contribution in [3.63, 3.8) is 0 Å². The van der Waals surface area contributed by atoms with Crippen LogP contribution in [0.25, 0.3) is 0 Å². The second-order valence-corrected chi connectivity index (χ2v) is 11.9. The highest BCUT2D eigenvalue weighted by Crippen LogP contribution is 2.10. The molecule has 0 bridgehead atoms. The van der Waals surface area contributed by atoms with Crippen LogP contribution in [-0.2, 0) is 14.3 Å². The smallest absolute Gasteiger partial charge is 0.306 e. The van der Waals surface area contributed by atoms with Crippen molar-refractivity contribution >= 4 is 5.97 Å². The van der Waals surface area contributed by atoms with E-state index in [0.717, 1.165) is 77.0 Å². The Kier molecular flexibility index (Phi) is 36.7. The fourth-order valence-electron chi connectivity index (χ4n) is 4.69. The van der Waals surface area contributed by atoms with Crippen LogP contribution in [0.1, 0.15) is 149 Å². The van der Waals surface area contributed by atoms with Crippen LogP contribution >= 0.6 is 0 Å². The lowest BCUT2D eigenvalue weighted by atomic mass is 10.1. The van der Waals surface area contributed by atoms with Crippen molar-refractivity contribution in [3.8, 4) is 0 Å². The van der Waals surface area contributed by atoms with Crippen molar-refractivity contribution in [3.05, 3.63) is 85.1 Å². The minimum atomic E-state index is -0.572. The van der Waals surface area contributed by atoms with Gasteiger partial charge >= 0.3 is 5.97 Å². The summed E-state index contributed by atoms with van der Waals surface area (Å²) in [7, 11) is 0. The monoisotopic (exact) mass is 639 g/mol. The van der Waals surface area contributed by atoms with Crippen LogP contribution in [0.2, 0.25) is 0 Å². The number of rotatable bonds is 33. The number of carbonyl (C=O) groups excluding carboxylic acids is 1. The van der Waals surface area contributed by atoms with E-state index in [9.17, 15) is 9.90 Å².